The molecule has 0 spiro atoms. The van der Waals surface area contributed by atoms with Crippen LogP contribution in [0.25, 0.3) is 32.9 Å². The van der Waals surface area contributed by atoms with Crippen LogP contribution in [0.2, 0.25) is 5.02 Å². The molecule has 0 unspecified atom stereocenters. The highest BCUT2D eigenvalue weighted by atomic mass is 35.5. The minimum atomic E-state index is -0.774. The third-order valence-electron chi connectivity index (χ3n) is 4.88. The molecule has 2 aromatic carbocycles. The molecule has 2 heterocycles. The molecule has 0 aliphatic heterocycles. The maximum absolute atomic E-state index is 13.0. The van der Waals surface area contributed by atoms with Crippen molar-refractivity contribution in [2.45, 2.75) is 33.3 Å². The van der Waals surface area contributed by atoms with Crippen LogP contribution in [0, 0.1) is 0 Å². The van der Waals surface area contributed by atoms with Gasteiger partial charge in [0.1, 0.15) is 11.3 Å². The Kier molecular flexibility index (Phi) is 5.26. The van der Waals surface area contributed by atoms with Crippen molar-refractivity contribution >= 4 is 51.0 Å². The Morgan fingerprint density at radius 3 is 2.56 bits per heavy atom. The highest BCUT2D eigenvalue weighted by molar-refractivity contribution is 6.35. The molecule has 0 saturated carbocycles. The van der Waals surface area contributed by atoms with E-state index in [-0.39, 0.29) is 11.5 Å². The quantitative estimate of drug-likeness (QED) is 0.366. The van der Waals surface area contributed by atoms with Gasteiger partial charge in [0.15, 0.2) is 5.78 Å². The van der Waals surface area contributed by atoms with Crippen molar-refractivity contribution in [3.05, 3.63) is 57.5 Å². The zero-order chi connectivity index (χ0) is 23.2. The summed E-state index contributed by atoms with van der Waals surface area (Å²) >= 11 is 6.30. The zero-order valence-electron chi connectivity index (χ0n) is 17.9. The summed E-state index contributed by atoms with van der Waals surface area (Å²) in [4.78, 5) is 40.4. The summed E-state index contributed by atoms with van der Waals surface area (Å²) in [5.41, 5.74) is 1.33. The summed E-state index contributed by atoms with van der Waals surface area (Å²) in [6, 6.07) is 8.41. The number of hydrogen-bond donors (Lipinski definition) is 3. The lowest BCUT2D eigenvalue weighted by Gasteiger charge is -2.21. The average molecular weight is 453 g/mol. The molecule has 0 atom stereocenters. The molecule has 0 aliphatic carbocycles. The summed E-state index contributed by atoms with van der Waals surface area (Å²) in [5, 5.41) is 11.2. The van der Waals surface area contributed by atoms with Crippen LogP contribution in [-0.4, -0.2) is 32.7 Å². The summed E-state index contributed by atoms with van der Waals surface area (Å²) in [6.45, 7) is 6.64. The summed E-state index contributed by atoms with van der Waals surface area (Å²) in [6.07, 6.45) is 0.819. The number of rotatable bonds is 3. The minimum absolute atomic E-state index is 0.00252. The number of hydrogen-bond acceptors (Lipinski definition) is 5. The number of carbonyl (C=O) groups excluding carboxylic acids is 2. The van der Waals surface area contributed by atoms with E-state index in [0.29, 0.717) is 43.5 Å². The first-order valence-electron chi connectivity index (χ1n) is 9.88. The van der Waals surface area contributed by atoms with Gasteiger partial charge in [-0.2, -0.15) is 5.10 Å². The molecule has 4 aromatic rings. The third kappa shape index (κ3) is 3.97. The number of nitrogens with one attached hydrogen (secondary N) is 3. The number of H-pyrrole nitrogens is 2. The van der Waals surface area contributed by atoms with Crippen LogP contribution in [0.4, 0.5) is 10.5 Å². The number of fused-ring (bicyclic) bond motifs is 2. The fraction of sp³-hybridized carbons (Fsp3) is 0.217. The lowest BCUT2D eigenvalue weighted by Crippen LogP contribution is -2.29. The van der Waals surface area contributed by atoms with E-state index in [1.807, 2.05) is 0 Å². The number of ketones is 1. The van der Waals surface area contributed by atoms with Crippen molar-refractivity contribution in [1.82, 2.24) is 15.2 Å². The SMILES string of the molecule is CC(=O)c1ccc2[nH]c(=O)c(NC(=O)OC(C)(C)C)c(-c3ccc(Cl)c4[nH]ncc34)c2c1. The fourth-order valence-electron chi connectivity index (χ4n) is 3.54. The van der Waals surface area contributed by atoms with Gasteiger partial charge in [-0.25, -0.2) is 4.79 Å². The van der Waals surface area contributed by atoms with Crippen LogP contribution in [0.1, 0.15) is 38.1 Å². The van der Waals surface area contributed by atoms with E-state index in [1.54, 1.807) is 57.3 Å². The molecule has 1 amide bonds. The molecule has 8 nitrogen and oxygen atoms in total. The number of carbonyl (C=O) groups is 2. The van der Waals surface area contributed by atoms with Gasteiger partial charge < -0.3 is 9.72 Å². The van der Waals surface area contributed by atoms with E-state index in [0.717, 1.165) is 0 Å². The smallest absolute Gasteiger partial charge is 0.412 e. The van der Waals surface area contributed by atoms with Gasteiger partial charge >= 0.3 is 6.09 Å². The first kappa shape index (κ1) is 21.6. The van der Waals surface area contributed by atoms with Crippen LogP contribution in [0.3, 0.4) is 0 Å². The number of ether oxygens (including phenoxy) is 1. The Labute approximate surface area is 187 Å². The number of pyridine rings is 1. The average Bonchev–Trinajstić information content (AvgIpc) is 3.18. The molecule has 164 valence electrons. The van der Waals surface area contributed by atoms with Gasteiger partial charge in [0.05, 0.1) is 16.7 Å². The molecule has 32 heavy (non-hydrogen) atoms. The molecule has 2 aromatic heterocycles. The van der Waals surface area contributed by atoms with Gasteiger partial charge in [-0.05, 0) is 57.5 Å². The lowest BCUT2D eigenvalue weighted by atomic mass is 9.95. The largest absolute Gasteiger partial charge is 0.444 e. The normalized spacial score (nSPS) is 11.7. The van der Waals surface area contributed by atoms with Crippen molar-refractivity contribution < 1.29 is 14.3 Å². The Hall–Kier alpha value is -3.65. The van der Waals surface area contributed by atoms with Gasteiger partial charge in [-0.15, -0.1) is 0 Å². The van der Waals surface area contributed by atoms with Gasteiger partial charge in [0, 0.05) is 27.4 Å². The Bertz CT molecular complexity index is 1450. The fourth-order valence-corrected chi connectivity index (χ4v) is 3.74. The lowest BCUT2D eigenvalue weighted by molar-refractivity contribution is 0.0635. The highest BCUT2D eigenvalue weighted by Gasteiger charge is 2.23. The number of Topliss-reactive ketones (excluding diaryl/α,β-unsaturated/α-hetero) is 1. The van der Waals surface area contributed by atoms with E-state index in [1.165, 1.54) is 6.92 Å². The van der Waals surface area contributed by atoms with Gasteiger partial charge in [-0.1, -0.05) is 17.7 Å². The van der Waals surface area contributed by atoms with Crippen molar-refractivity contribution in [1.29, 1.82) is 0 Å². The monoisotopic (exact) mass is 452 g/mol. The Balaban J connectivity index is 2.06. The van der Waals surface area contributed by atoms with Crippen LogP contribution >= 0.6 is 11.6 Å². The highest BCUT2D eigenvalue weighted by Crippen LogP contribution is 2.39. The molecule has 0 bridgehead atoms. The molecule has 0 saturated heterocycles. The van der Waals surface area contributed by atoms with Crippen molar-refractivity contribution in [2.75, 3.05) is 5.32 Å². The van der Waals surface area contributed by atoms with E-state index in [2.05, 4.69) is 20.5 Å². The van der Waals surface area contributed by atoms with Crippen molar-refractivity contribution in [2.24, 2.45) is 0 Å². The molecule has 3 N–H and O–H groups in total. The Morgan fingerprint density at radius 1 is 1.12 bits per heavy atom. The van der Waals surface area contributed by atoms with Gasteiger partial charge in [0.2, 0.25) is 0 Å². The van der Waals surface area contributed by atoms with Crippen LogP contribution < -0.4 is 10.9 Å². The first-order chi connectivity index (χ1) is 15.0. The van der Waals surface area contributed by atoms with Crippen molar-refractivity contribution in [3.8, 4) is 11.1 Å². The number of benzene rings is 2. The number of amides is 1. The second-order valence-corrected chi connectivity index (χ2v) is 8.81. The summed E-state index contributed by atoms with van der Waals surface area (Å²) in [7, 11) is 0. The summed E-state index contributed by atoms with van der Waals surface area (Å²) < 4.78 is 5.36. The molecule has 0 fully saturated rings. The molecular weight excluding hydrogens is 432 g/mol. The van der Waals surface area contributed by atoms with Gasteiger partial charge in [0.25, 0.3) is 5.56 Å². The molecule has 4 rings (SSSR count). The standard InChI is InChI=1S/C23H21ClN4O4/c1-11(29)12-5-8-17-14(9-12)18(13-6-7-16(24)19-15(13)10-25-28-19)20(21(30)26-17)27-22(31)32-23(2,3)4/h5-10H,1-4H3,(H,25,28)(H,26,30)(H,27,31). The Morgan fingerprint density at radius 2 is 1.88 bits per heavy atom. The predicted molar refractivity (Wildman–Crippen MR) is 125 cm³/mol. The number of halogens is 1. The second-order valence-electron chi connectivity index (χ2n) is 8.40. The minimum Gasteiger partial charge on any atom is -0.444 e. The van der Waals surface area contributed by atoms with Crippen LogP contribution in [0.5, 0.6) is 0 Å². The van der Waals surface area contributed by atoms with Crippen LogP contribution in [-0.2, 0) is 4.74 Å². The van der Waals surface area contributed by atoms with Gasteiger partial charge in [-0.3, -0.25) is 20.0 Å². The molecular formula is C23H21ClN4O4. The van der Waals surface area contributed by atoms with E-state index in [9.17, 15) is 14.4 Å². The number of aromatic nitrogens is 3. The second kappa shape index (κ2) is 7.80. The maximum atomic E-state index is 13.0. The number of nitrogens with zero attached hydrogens (tertiary/aromatic N) is 1. The molecule has 9 heteroatoms. The van der Waals surface area contributed by atoms with E-state index >= 15 is 0 Å². The zero-order valence-corrected chi connectivity index (χ0v) is 18.7. The van der Waals surface area contributed by atoms with E-state index < -0.39 is 17.3 Å². The third-order valence-corrected chi connectivity index (χ3v) is 5.20. The number of anilines is 1. The van der Waals surface area contributed by atoms with E-state index in [4.69, 9.17) is 16.3 Å². The van der Waals surface area contributed by atoms with Crippen LogP contribution in [0.15, 0.2) is 41.3 Å². The summed E-state index contributed by atoms with van der Waals surface area (Å²) in [5.74, 6) is -0.129. The topological polar surface area (TPSA) is 117 Å². The first-order valence-corrected chi connectivity index (χ1v) is 10.3. The number of aromatic amines is 2. The molecule has 0 aliphatic rings. The van der Waals surface area contributed by atoms with Crippen molar-refractivity contribution in [3.63, 3.8) is 0 Å². The molecule has 0 radical (unpaired) electrons. The predicted octanol–water partition coefficient (Wildman–Crippen LogP) is 5.27. The maximum Gasteiger partial charge on any atom is 0.412 e.